The number of ether oxygens (including phenoxy) is 2. The zero-order valence-electron chi connectivity index (χ0n) is 10.4. The third-order valence-electron chi connectivity index (χ3n) is 3.00. The van der Waals surface area contributed by atoms with Crippen molar-refractivity contribution >= 4 is 17.4 Å². The van der Waals surface area contributed by atoms with Gasteiger partial charge in [-0.1, -0.05) is 0 Å². The molecule has 94 valence electrons. The molecule has 1 aliphatic heterocycles. The van der Waals surface area contributed by atoms with Crippen LogP contribution in [0.5, 0.6) is 11.5 Å². The summed E-state index contributed by atoms with van der Waals surface area (Å²) in [6.07, 6.45) is 1.32. The Kier molecular flexibility index (Phi) is 4.42. The van der Waals surface area contributed by atoms with Crippen LogP contribution >= 0.6 is 11.8 Å². The maximum absolute atomic E-state index is 5.28. The van der Waals surface area contributed by atoms with Crippen LogP contribution < -0.4 is 14.8 Å². The van der Waals surface area contributed by atoms with Gasteiger partial charge in [0.2, 0.25) is 0 Å². The third-order valence-corrected chi connectivity index (χ3v) is 4.23. The van der Waals surface area contributed by atoms with Crippen molar-refractivity contribution in [2.75, 3.05) is 37.6 Å². The van der Waals surface area contributed by atoms with Gasteiger partial charge in [-0.3, -0.25) is 0 Å². The predicted octanol–water partition coefficient (Wildman–Crippen LogP) is 2.87. The Labute approximate surface area is 107 Å². The van der Waals surface area contributed by atoms with E-state index in [9.17, 15) is 0 Å². The summed E-state index contributed by atoms with van der Waals surface area (Å²) in [7, 11) is 3.32. The van der Waals surface area contributed by atoms with Gasteiger partial charge in [0.1, 0.15) is 0 Å². The smallest absolute Gasteiger partial charge is 0.162 e. The molecule has 1 heterocycles. The molecule has 0 aromatic heterocycles. The minimum absolute atomic E-state index is 0.773. The Bertz CT molecular complexity index is 364. The molecule has 1 atom stereocenters. The van der Waals surface area contributed by atoms with Crippen molar-refractivity contribution in [1.29, 1.82) is 0 Å². The number of nitrogens with one attached hydrogen (secondary N) is 1. The molecular weight excluding hydrogens is 234 g/mol. The highest BCUT2D eigenvalue weighted by Gasteiger charge is 2.15. The highest BCUT2D eigenvalue weighted by atomic mass is 32.2. The zero-order chi connectivity index (χ0) is 12.1. The fourth-order valence-electron chi connectivity index (χ4n) is 1.95. The van der Waals surface area contributed by atoms with Gasteiger partial charge in [0.05, 0.1) is 14.2 Å². The molecule has 0 aliphatic carbocycles. The van der Waals surface area contributed by atoms with Gasteiger partial charge in [0.25, 0.3) is 0 Å². The molecule has 0 saturated carbocycles. The summed E-state index contributed by atoms with van der Waals surface area (Å²) in [6.45, 7) is 1.04. The maximum Gasteiger partial charge on any atom is 0.162 e. The molecule has 1 aromatic rings. The Morgan fingerprint density at radius 2 is 2.12 bits per heavy atom. The van der Waals surface area contributed by atoms with Gasteiger partial charge in [-0.25, -0.2) is 0 Å². The second-order valence-electron chi connectivity index (χ2n) is 4.18. The van der Waals surface area contributed by atoms with Crippen LogP contribution in [0.1, 0.15) is 6.42 Å². The topological polar surface area (TPSA) is 30.5 Å². The molecule has 1 aliphatic rings. The maximum atomic E-state index is 5.28. The van der Waals surface area contributed by atoms with Crippen LogP contribution in [0.3, 0.4) is 0 Å². The predicted molar refractivity (Wildman–Crippen MR) is 73.5 cm³/mol. The first-order valence-corrected chi connectivity index (χ1v) is 7.02. The van der Waals surface area contributed by atoms with E-state index < -0.39 is 0 Å². The standard InChI is InChI=1S/C13H19NO2S/c1-15-12-4-3-11(7-13(12)16-2)14-8-10-5-6-17-9-10/h3-4,7,10,14H,5-6,8-9H2,1-2H3. The number of rotatable bonds is 5. The highest BCUT2D eigenvalue weighted by Crippen LogP contribution is 2.30. The van der Waals surface area contributed by atoms with E-state index in [0.29, 0.717) is 0 Å². The van der Waals surface area contributed by atoms with Crippen molar-refractivity contribution in [3.8, 4) is 11.5 Å². The van der Waals surface area contributed by atoms with E-state index in [1.54, 1.807) is 14.2 Å². The van der Waals surface area contributed by atoms with Gasteiger partial charge in [0.15, 0.2) is 11.5 Å². The van der Waals surface area contributed by atoms with E-state index in [0.717, 1.165) is 29.6 Å². The van der Waals surface area contributed by atoms with Crippen molar-refractivity contribution in [2.45, 2.75) is 6.42 Å². The first kappa shape index (κ1) is 12.4. The molecule has 0 spiro atoms. The lowest BCUT2D eigenvalue weighted by Crippen LogP contribution is -2.13. The van der Waals surface area contributed by atoms with Crippen LogP contribution in [-0.2, 0) is 0 Å². The SMILES string of the molecule is COc1ccc(NCC2CCSC2)cc1OC. The molecule has 1 fully saturated rings. The molecule has 0 radical (unpaired) electrons. The Morgan fingerprint density at radius 1 is 1.29 bits per heavy atom. The van der Waals surface area contributed by atoms with E-state index in [1.807, 2.05) is 30.0 Å². The first-order valence-electron chi connectivity index (χ1n) is 5.87. The summed E-state index contributed by atoms with van der Waals surface area (Å²) >= 11 is 2.05. The van der Waals surface area contributed by atoms with Crippen LogP contribution in [0.15, 0.2) is 18.2 Å². The third kappa shape index (κ3) is 3.22. The number of benzene rings is 1. The molecule has 17 heavy (non-hydrogen) atoms. The Balaban J connectivity index is 1.95. The lowest BCUT2D eigenvalue weighted by Gasteiger charge is -2.13. The fraction of sp³-hybridized carbons (Fsp3) is 0.538. The second kappa shape index (κ2) is 6.05. The van der Waals surface area contributed by atoms with Gasteiger partial charge in [-0.15, -0.1) is 0 Å². The summed E-state index contributed by atoms with van der Waals surface area (Å²) < 4.78 is 10.5. The van der Waals surface area contributed by atoms with Crippen molar-refractivity contribution in [2.24, 2.45) is 5.92 Å². The average Bonchev–Trinajstić information content (AvgIpc) is 2.89. The Morgan fingerprint density at radius 3 is 2.76 bits per heavy atom. The zero-order valence-corrected chi connectivity index (χ0v) is 11.2. The second-order valence-corrected chi connectivity index (χ2v) is 5.33. The minimum Gasteiger partial charge on any atom is -0.493 e. The van der Waals surface area contributed by atoms with Crippen LogP contribution in [0, 0.1) is 5.92 Å². The molecule has 4 heteroatoms. The van der Waals surface area contributed by atoms with Crippen molar-refractivity contribution in [3.63, 3.8) is 0 Å². The van der Waals surface area contributed by atoms with Crippen molar-refractivity contribution < 1.29 is 9.47 Å². The monoisotopic (exact) mass is 253 g/mol. The number of hydrogen-bond donors (Lipinski definition) is 1. The summed E-state index contributed by atoms with van der Waals surface area (Å²) in [6, 6.07) is 5.95. The normalized spacial score (nSPS) is 19.1. The number of anilines is 1. The molecule has 3 nitrogen and oxygen atoms in total. The van der Waals surface area contributed by atoms with Gasteiger partial charge >= 0.3 is 0 Å². The molecule has 1 N–H and O–H groups in total. The fourth-order valence-corrected chi connectivity index (χ4v) is 3.24. The van der Waals surface area contributed by atoms with E-state index in [1.165, 1.54) is 17.9 Å². The first-order chi connectivity index (χ1) is 8.33. The molecule has 0 bridgehead atoms. The largest absolute Gasteiger partial charge is 0.493 e. The van der Waals surface area contributed by atoms with Gasteiger partial charge in [-0.05, 0) is 36.0 Å². The summed E-state index contributed by atoms with van der Waals surface area (Å²) in [5, 5.41) is 3.46. The molecule has 1 saturated heterocycles. The van der Waals surface area contributed by atoms with Crippen LogP contribution in [0.25, 0.3) is 0 Å². The summed E-state index contributed by atoms with van der Waals surface area (Å²) in [5.74, 6) is 4.93. The van der Waals surface area contributed by atoms with E-state index in [-0.39, 0.29) is 0 Å². The van der Waals surface area contributed by atoms with Gasteiger partial charge < -0.3 is 14.8 Å². The molecule has 0 amide bonds. The van der Waals surface area contributed by atoms with Gasteiger partial charge in [-0.2, -0.15) is 11.8 Å². The minimum atomic E-state index is 0.773. The van der Waals surface area contributed by atoms with E-state index >= 15 is 0 Å². The lowest BCUT2D eigenvalue weighted by molar-refractivity contribution is 0.355. The highest BCUT2D eigenvalue weighted by molar-refractivity contribution is 7.99. The van der Waals surface area contributed by atoms with E-state index in [2.05, 4.69) is 5.32 Å². The molecule has 2 rings (SSSR count). The Hall–Kier alpha value is -1.03. The van der Waals surface area contributed by atoms with Crippen LogP contribution in [-0.4, -0.2) is 32.3 Å². The van der Waals surface area contributed by atoms with Crippen molar-refractivity contribution in [1.82, 2.24) is 0 Å². The number of thioether (sulfide) groups is 1. The number of methoxy groups -OCH3 is 2. The van der Waals surface area contributed by atoms with E-state index in [4.69, 9.17) is 9.47 Å². The molecular formula is C13H19NO2S. The quantitative estimate of drug-likeness (QED) is 0.874. The number of hydrogen-bond acceptors (Lipinski definition) is 4. The van der Waals surface area contributed by atoms with Gasteiger partial charge in [0, 0.05) is 18.3 Å². The average molecular weight is 253 g/mol. The van der Waals surface area contributed by atoms with Crippen LogP contribution in [0.4, 0.5) is 5.69 Å². The summed E-state index contributed by atoms with van der Waals surface area (Å²) in [5.41, 5.74) is 1.10. The van der Waals surface area contributed by atoms with Crippen molar-refractivity contribution in [3.05, 3.63) is 18.2 Å². The summed E-state index contributed by atoms with van der Waals surface area (Å²) in [4.78, 5) is 0. The lowest BCUT2D eigenvalue weighted by atomic mass is 10.1. The van der Waals surface area contributed by atoms with Crippen LogP contribution in [0.2, 0.25) is 0 Å². The molecule has 1 aromatic carbocycles. The molecule has 1 unspecified atom stereocenters.